The maximum absolute atomic E-state index is 13.0. The lowest BCUT2D eigenvalue weighted by molar-refractivity contribution is 0.0940. The highest BCUT2D eigenvalue weighted by Crippen LogP contribution is 2.41. The summed E-state index contributed by atoms with van der Waals surface area (Å²) in [5, 5.41) is 3.78. The van der Waals surface area contributed by atoms with E-state index < -0.39 is 0 Å². The minimum atomic E-state index is -0.121. The van der Waals surface area contributed by atoms with Crippen molar-refractivity contribution < 1.29 is 4.79 Å². The zero-order chi connectivity index (χ0) is 22.8. The average molecular weight is 469 g/mol. The molecule has 1 aliphatic heterocycles. The van der Waals surface area contributed by atoms with Gasteiger partial charge in [-0.1, -0.05) is 84.0 Å². The summed E-state index contributed by atoms with van der Waals surface area (Å²) >= 11 is 7.78. The number of halogens is 1. The van der Waals surface area contributed by atoms with Gasteiger partial charge in [-0.3, -0.25) is 4.79 Å². The quantitative estimate of drug-likeness (QED) is 0.297. The number of benzene rings is 4. The second-order valence-corrected chi connectivity index (χ2v) is 9.37. The van der Waals surface area contributed by atoms with Crippen molar-refractivity contribution in [2.24, 2.45) is 4.99 Å². The van der Waals surface area contributed by atoms with Gasteiger partial charge >= 0.3 is 0 Å². The van der Waals surface area contributed by atoms with Crippen LogP contribution in [0.4, 0.5) is 5.69 Å². The Kier molecular flexibility index (Phi) is 6.03. The first-order chi connectivity index (χ1) is 16.1. The molecule has 4 aromatic rings. The Bertz CT molecular complexity index is 1350. The van der Waals surface area contributed by atoms with Crippen molar-refractivity contribution in [2.45, 2.75) is 22.8 Å². The number of carbonyl (C=O) groups is 1. The molecule has 0 saturated heterocycles. The van der Waals surface area contributed by atoms with Crippen LogP contribution < -0.4 is 5.32 Å². The Balaban J connectivity index is 1.52. The maximum atomic E-state index is 13.0. The molecule has 1 aliphatic rings. The minimum Gasteiger partial charge on any atom is -0.346 e. The molecule has 1 heterocycles. The Morgan fingerprint density at radius 3 is 2.39 bits per heavy atom. The van der Waals surface area contributed by atoms with E-state index in [2.05, 4.69) is 17.4 Å². The predicted octanol–water partition coefficient (Wildman–Crippen LogP) is 7.46. The average Bonchev–Trinajstić information content (AvgIpc) is 3.01. The van der Waals surface area contributed by atoms with Crippen LogP contribution in [0.5, 0.6) is 0 Å². The van der Waals surface area contributed by atoms with Crippen LogP contribution in [-0.2, 0) is 0 Å². The third kappa shape index (κ3) is 4.58. The normalized spacial score (nSPS) is 13.2. The van der Waals surface area contributed by atoms with Crippen LogP contribution in [0.15, 0.2) is 112 Å². The lowest BCUT2D eigenvalue weighted by atomic mass is 10.0. The molecule has 1 atom stereocenters. The van der Waals surface area contributed by atoms with Gasteiger partial charge in [-0.15, -0.1) is 0 Å². The molecule has 1 unspecified atom stereocenters. The molecule has 1 N–H and O–H groups in total. The molecular formula is C28H21ClN2OS. The summed E-state index contributed by atoms with van der Waals surface area (Å²) < 4.78 is 0. The highest BCUT2D eigenvalue weighted by Gasteiger charge is 2.20. The molecule has 0 aromatic heterocycles. The lowest BCUT2D eigenvalue weighted by Crippen LogP contribution is -2.26. The monoisotopic (exact) mass is 468 g/mol. The number of nitrogens with one attached hydrogen (secondary N) is 1. The molecule has 0 fully saturated rings. The molecule has 5 heteroatoms. The summed E-state index contributed by atoms with van der Waals surface area (Å²) in [4.78, 5) is 20.2. The fourth-order valence-corrected chi connectivity index (χ4v) is 4.94. The zero-order valence-electron chi connectivity index (χ0n) is 18.0. The van der Waals surface area contributed by atoms with Crippen molar-refractivity contribution in [3.8, 4) is 0 Å². The van der Waals surface area contributed by atoms with Crippen molar-refractivity contribution in [1.29, 1.82) is 0 Å². The predicted molar refractivity (Wildman–Crippen MR) is 136 cm³/mol. The summed E-state index contributed by atoms with van der Waals surface area (Å²) in [6, 6.07) is 31.5. The molecule has 1 amide bonds. The van der Waals surface area contributed by atoms with Gasteiger partial charge in [0.2, 0.25) is 0 Å². The Labute approximate surface area is 202 Å². The van der Waals surface area contributed by atoms with Crippen LogP contribution >= 0.6 is 23.4 Å². The summed E-state index contributed by atoms with van der Waals surface area (Å²) in [5.74, 6) is -0.121. The van der Waals surface area contributed by atoms with Gasteiger partial charge in [-0.2, -0.15) is 0 Å². The van der Waals surface area contributed by atoms with E-state index in [0.717, 1.165) is 37.9 Å². The van der Waals surface area contributed by atoms with Gasteiger partial charge in [-0.05, 0) is 48.9 Å². The summed E-state index contributed by atoms with van der Waals surface area (Å²) in [6.45, 7) is 1.99. The Hall–Kier alpha value is -3.34. The van der Waals surface area contributed by atoms with Gasteiger partial charge < -0.3 is 5.32 Å². The summed E-state index contributed by atoms with van der Waals surface area (Å²) in [5.41, 5.74) is 5.33. The minimum absolute atomic E-state index is 0.0933. The molecule has 162 valence electrons. The van der Waals surface area contributed by atoms with Crippen molar-refractivity contribution in [3.05, 3.63) is 124 Å². The first kappa shape index (κ1) is 21.5. The van der Waals surface area contributed by atoms with Gasteiger partial charge in [0.1, 0.15) is 0 Å². The highest BCUT2D eigenvalue weighted by molar-refractivity contribution is 7.99. The Morgan fingerprint density at radius 2 is 1.61 bits per heavy atom. The number of aliphatic imine (C=N–C) groups is 1. The molecular weight excluding hydrogens is 448 g/mol. The van der Waals surface area contributed by atoms with Crippen molar-refractivity contribution in [3.63, 3.8) is 0 Å². The molecule has 0 saturated carbocycles. The number of fused-ring (bicyclic) bond motifs is 2. The van der Waals surface area contributed by atoms with E-state index in [1.165, 1.54) is 0 Å². The second kappa shape index (κ2) is 9.26. The molecule has 0 radical (unpaired) electrons. The lowest BCUT2D eigenvalue weighted by Gasteiger charge is -2.15. The number of rotatable bonds is 4. The molecule has 0 aliphatic carbocycles. The van der Waals surface area contributed by atoms with Crippen LogP contribution in [0.25, 0.3) is 0 Å². The van der Waals surface area contributed by atoms with E-state index in [0.29, 0.717) is 10.6 Å². The van der Waals surface area contributed by atoms with Crippen LogP contribution in [0.1, 0.15) is 40.0 Å². The van der Waals surface area contributed by atoms with Crippen molar-refractivity contribution in [2.75, 3.05) is 0 Å². The smallest absolute Gasteiger partial charge is 0.251 e. The van der Waals surface area contributed by atoms with E-state index in [1.54, 1.807) is 11.8 Å². The van der Waals surface area contributed by atoms with Gasteiger partial charge in [-0.25, -0.2) is 4.99 Å². The summed E-state index contributed by atoms with van der Waals surface area (Å²) in [6.07, 6.45) is 0. The molecule has 4 aromatic carbocycles. The zero-order valence-corrected chi connectivity index (χ0v) is 19.5. The number of hydrogen-bond acceptors (Lipinski definition) is 3. The number of nitrogens with zero attached hydrogens (tertiary/aromatic N) is 1. The van der Waals surface area contributed by atoms with Crippen LogP contribution in [0.3, 0.4) is 0 Å². The van der Waals surface area contributed by atoms with Crippen LogP contribution in [-0.4, -0.2) is 11.6 Å². The van der Waals surface area contributed by atoms with Crippen molar-refractivity contribution >= 4 is 40.7 Å². The van der Waals surface area contributed by atoms with Crippen LogP contribution in [0.2, 0.25) is 5.02 Å². The molecule has 33 heavy (non-hydrogen) atoms. The van der Waals surface area contributed by atoms with Gasteiger partial charge in [0.25, 0.3) is 5.91 Å². The molecule has 0 spiro atoms. The van der Waals surface area contributed by atoms with E-state index in [1.807, 2.05) is 91.9 Å². The molecule has 0 bridgehead atoms. The summed E-state index contributed by atoms with van der Waals surface area (Å²) in [7, 11) is 0. The second-order valence-electron chi connectivity index (χ2n) is 7.85. The third-order valence-electron chi connectivity index (χ3n) is 5.58. The highest BCUT2D eigenvalue weighted by atomic mass is 35.5. The molecule has 5 rings (SSSR count). The fraction of sp³-hybridized carbons (Fsp3) is 0.0714. The topological polar surface area (TPSA) is 41.5 Å². The van der Waals surface area contributed by atoms with Crippen LogP contribution in [0, 0.1) is 0 Å². The molecule has 3 nitrogen and oxygen atoms in total. The van der Waals surface area contributed by atoms with Crippen molar-refractivity contribution in [1.82, 2.24) is 5.32 Å². The maximum Gasteiger partial charge on any atom is 0.251 e. The first-order valence-corrected chi connectivity index (χ1v) is 11.9. The van der Waals surface area contributed by atoms with E-state index in [9.17, 15) is 4.79 Å². The first-order valence-electron chi connectivity index (χ1n) is 10.7. The standard InChI is InChI=1S/C28H21ClN2OS/c1-18(19-7-3-2-4-8-19)30-28(32)21-13-16-26-24(17-21)31-27(20-11-14-22(29)15-12-20)23-9-5-6-10-25(23)33-26/h2-18H,1H3,(H,30,32). The third-order valence-corrected chi connectivity index (χ3v) is 6.97. The fourth-order valence-electron chi connectivity index (χ4n) is 3.82. The number of hydrogen-bond donors (Lipinski definition) is 1. The Morgan fingerprint density at radius 1 is 0.879 bits per heavy atom. The van der Waals surface area contributed by atoms with Gasteiger partial charge in [0, 0.05) is 31.5 Å². The largest absolute Gasteiger partial charge is 0.346 e. The van der Waals surface area contributed by atoms with Gasteiger partial charge in [0.05, 0.1) is 17.4 Å². The number of amides is 1. The van der Waals surface area contributed by atoms with E-state index in [-0.39, 0.29) is 11.9 Å². The van der Waals surface area contributed by atoms with E-state index >= 15 is 0 Å². The SMILES string of the molecule is CC(NC(=O)c1ccc2c(c1)N=C(c1ccc(Cl)cc1)c1ccccc1S2)c1ccccc1. The van der Waals surface area contributed by atoms with E-state index in [4.69, 9.17) is 16.6 Å². The number of carbonyl (C=O) groups excluding carboxylic acids is 1. The van der Waals surface area contributed by atoms with Gasteiger partial charge in [0.15, 0.2) is 0 Å².